The van der Waals surface area contributed by atoms with Crippen LogP contribution < -0.4 is 0 Å². The van der Waals surface area contributed by atoms with Gasteiger partial charge in [-0.25, -0.2) is 0 Å². The minimum atomic E-state index is -0.723. The summed E-state index contributed by atoms with van der Waals surface area (Å²) in [6.45, 7) is 2.18. The van der Waals surface area contributed by atoms with Crippen LogP contribution in [-0.4, -0.2) is 22.3 Å². The van der Waals surface area contributed by atoms with Crippen molar-refractivity contribution < 1.29 is 15.0 Å². The van der Waals surface area contributed by atoms with E-state index in [1.54, 1.807) is 6.08 Å². The van der Waals surface area contributed by atoms with Crippen molar-refractivity contribution in [2.24, 2.45) is 0 Å². The Morgan fingerprint density at radius 3 is 2.33 bits per heavy atom. The van der Waals surface area contributed by atoms with E-state index in [0.29, 0.717) is 0 Å². The van der Waals surface area contributed by atoms with E-state index in [1.807, 2.05) is 18.2 Å². The second kappa shape index (κ2) is 15.0. The van der Waals surface area contributed by atoms with Crippen molar-refractivity contribution in [2.45, 2.75) is 70.8 Å². The van der Waals surface area contributed by atoms with Gasteiger partial charge < -0.3 is 10.2 Å². The molecule has 0 saturated heterocycles. The SMILES string of the molecule is CCCCC/C=C\[C@@H](O)/C=C\C/C=C\CCCCC(=O)O. The van der Waals surface area contributed by atoms with Gasteiger partial charge in [-0.1, -0.05) is 56.2 Å². The molecule has 2 N–H and O–H groups in total. The van der Waals surface area contributed by atoms with Gasteiger partial charge in [-0.15, -0.1) is 0 Å². The first-order valence-corrected chi connectivity index (χ1v) is 8.05. The van der Waals surface area contributed by atoms with Gasteiger partial charge in [-0.2, -0.15) is 0 Å². The molecule has 0 aliphatic heterocycles. The molecule has 0 unspecified atom stereocenters. The Bertz CT molecular complexity index is 329. The van der Waals surface area contributed by atoms with E-state index in [9.17, 15) is 9.90 Å². The molecule has 0 aromatic heterocycles. The van der Waals surface area contributed by atoms with E-state index in [0.717, 1.165) is 32.1 Å². The lowest BCUT2D eigenvalue weighted by molar-refractivity contribution is -0.137. The van der Waals surface area contributed by atoms with Crippen LogP contribution in [0.25, 0.3) is 0 Å². The molecular formula is C18H30O3. The number of rotatable bonds is 13. The van der Waals surface area contributed by atoms with E-state index in [2.05, 4.69) is 19.1 Å². The summed E-state index contributed by atoms with van der Waals surface area (Å²) in [5.41, 5.74) is 0. The number of hydrogen-bond acceptors (Lipinski definition) is 2. The smallest absolute Gasteiger partial charge is 0.303 e. The van der Waals surface area contributed by atoms with Crippen LogP contribution in [0.15, 0.2) is 36.5 Å². The van der Waals surface area contributed by atoms with Crippen LogP contribution in [-0.2, 0) is 4.79 Å². The van der Waals surface area contributed by atoms with Crippen LogP contribution in [0.4, 0.5) is 0 Å². The number of allylic oxidation sites excluding steroid dienone is 4. The molecule has 0 amide bonds. The molecule has 0 aliphatic carbocycles. The summed E-state index contributed by atoms with van der Waals surface area (Å²) >= 11 is 0. The van der Waals surface area contributed by atoms with E-state index >= 15 is 0 Å². The lowest BCUT2D eigenvalue weighted by Crippen LogP contribution is -1.95. The fraction of sp³-hybridized carbons (Fsp3) is 0.611. The molecule has 0 aromatic rings. The van der Waals surface area contributed by atoms with Crippen molar-refractivity contribution >= 4 is 5.97 Å². The third-order valence-corrected chi connectivity index (χ3v) is 3.09. The highest BCUT2D eigenvalue weighted by Crippen LogP contribution is 2.03. The van der Waals surface area contributed by atoms with Gasteiger partial charge in [0.05, 0.1) is 6.10 Å². The van der Waals surface area contributed by atoms with Crippen molar-refractivity contribution in [3.8, 4) is 0 Å². The first kappa shape index (κ1) is 19.7. The Hall–Kier alpha value is -1.35. The van der Waals surface area contributed by atoms with Crippen molar-refractivity contribution in [3.05, 3.63) is 36.5 Å². The molecule has 0 rings (SSSR count). The molecular weight excluding hydrogens is 264 g/mol. The molecule has 0 bridgehead atoms. The Balaban J connectivity index is 3.54. The summed E-state index contributed by atoms with van der Waals surface area (Å²) in [6.07, 6.45) is 19.6. The quantitative estimate of drug-likeness (QED) is 0.384. The first-order valence-electron chi connectivity index (χ1n) is 8.05. The highest BCUT2D eigenvalue weighted by molar-refractivity contribution is 5.66. The van der Waals surface area contributed by atoms with Crippen LogP contribution in [0.5, 0.6) is 0 Å². The maximum atomic E-state index is 10.3. The Labute approximate surface area is 129 Å². The highest BCUT2D eigenvalue weighted by atomic mass is 16.4. The van der Waals surface area contributed by atoms with Gasteiger partial charge in [0.15, 0.2) is 0 Å². The highest BCUT2D eigenvalue weighted by Gasteiger charge is 1.94. The number of aliphatic carboxylic acids is 1. The molecule has 3 nitrogen and oxygen atoms in total. The molecule has 0 saturated carbocycles. The van der Waals surface area contributed by atoms with Crippen LogP contribution in [0.3, 0.4) is 0 Å². The molecule has 120 valence electrons. The normalized spacial score (nSPS) is 13.6. The second-order valence-corrected chi connectivity index (χ2v) is 5.19. The number of carboxylic acid groups (broad SMARTS) is 1. The van der Waals surface area contributed by atoms with Gasteiger partial charge in [-0.3, -0.25) is 4.79 Å². The molecule has 21 heavy (non-hydrogen) atoms. The van der Waals surface area contributed by atoms with Crippen molar-refractivity contribution in [2.75, 3.05) is 0 Å². The van der Waals surface area contributed by atoms with E-state index in [1.165, 1.54) is 19.3 Å². The molecule has 0 aromatic carbocycles. The van der Waals surface area contributed by atoms with Crippen LogP contribution in [0.2, 0.25) is 0 Å². The monoisotopic (exact) mass is 294 g/mol. The summed E-state index contributed by atoms with van der Waals surface area (Å²) in [4.78, 5) is 10.3. The summed E-state index contributed by atoms with van der Waals surface area (Å²) in [5, 5.41) is 18.2. The predicted octanol–water partition coefficient (Wildman–Crippen LogP) is 4.63. The van der Waals surface area contributed by atoms with Gasteiger partial charge in [0.1, 0.15) is 0 Å². The minimum Gasteiger partial charge on any atom is -0.481 e. The standard InChI is InChI=1S/C18H30O3/c1-2-3-4-8-11-14-17(19)15-12-9-6-5-7-10-13-16-18(20)21/h5-6,11-12,14-15,17,19H,2-4,7-10,13,16H2,1H3,(H,20,21)/b6-5-,14-11-,15-12-/t17-/m1/s1. The van der Waals surface area contributed by atoms with Gasteiger partial charge in [0.25, 0.3) is 0 Å². The Morgan fingerprint density at radius 1 is 0.952 bits per heavy atom. The third kappa shape index (κ3) is 16.6. The lowest BCUT2D eigenvalue weighted by Gasteiger charge is -1.97. The Kier molecular flexibility index (Phi) is 14.1. The lowest BCUT2D eigenvalue weighted by atomic mass is 10.1. The molecule has 0 spiro atoms. The van der Waals surface area contributed by atoms with Crippen LogP contribution in [0.1, 0.15) is 64.7 Å². The van der Waals surface area contributed by atoms with E-state index < -0.39 is 12.1 Å². The predicted molar refractivity (Wildman–Crippen MR) is 88.3 cm³/mol. The zero-order chi connectivity index (χ0) is 15.8. The van der Waals surface area contributed by atoms with Gasteiger partial charge in [0, 0.05) is 6.42 Å². The number of hydrogen-bond donors (Lipinski definition) is 2. The fourth-order valence-electron chi connectivity index (χ4n) is 1.86. The topological polar surface area (TPSA) is 57.5 Å². The summed E-state index contributed by atoms with van der Waals surface area (Å²) < 4.78 is 0. The van der Waals surface area contributed by atoms with Crippen molar-refractivity contribution in [3.63, 3.8) is 0 Å². The maximum absolute atomic E-state index is 10.3. The average molecular weight is 294 g/mol. The maximum Gasteiger partial charge on any atom is 0.303 e. The zero-order valence-corrected chi connectivity index (χ0v) is 13.2. The summed E-state index contributed by atoms with van der Waals surface area (Å²) in [6, 6.07) is 0. The molecule has 1 atom stereocenters. The van der Waals surface area contributed by atoms with Crippen LogP contribution >= 0.6 is 0 Å². The second-order valence-electron chi connectivity index (χ2n) is 5.19. The first-order chi connectivity index (χ1) is 10.2. The molecule has 3 heteroatoms. The number of carboxylic acids is 1. The number of unbranched alkanes of at least 4 members (excludes halogenated alkanes) is 5. The summed E-state index contributed by atoms with van der Waals surface area (Å²) in [5.74, 6) is -0.723. The summed E-state index contributed by atoms with van der Waals surface area (Å²) in [7, 11) is 0. The zero-order valence-electron chi connectivity index (χ0n) is 13.2. The molecule has 0 fully saturated rings. The largest absolute Gasteiger partial charge is 0.481 e. The van der Waals surface area contributed by atoms with Gasteiger partial charge in [-0.05, 0) is 38.5 Å². The fourth-order valence-corrected chi connectivity index (χ4v) is 1.86. The molecule has 0 heterocycles. The third-order valence-electron chi connectivity index (χ3n) is 3.09. The van der Waals surface area contributed by atoms with Crippen molar-refractivity contribution in [1.29, 1.82) is 0 Å². The number of aliphatic hydroxyl groups is 1. The van der Waals surface area contributed by atoms with E-state index in [-0.39, 0.29) is 6.42 Å². The Morgan fingerprint density at radius 2 is 1.62 bits per heavy atom. The van der Waals surface area contributed by atoms with Crippen molar-refractivity contribution in [1.82, 2.24) is 0 Å². The van der Waals surface area contributed by atoms with E-state index in [4.69, 9.17) is 5.11 Å². The minimum absolute atomic E-state index is 0.254. The molecule has 0 radical (unpaired) electrons. The molecule has 0 aliphatic rings. The number of carbonyl (C=O) groups is 1. The van der Waals surface area contributed by atoms with Gasteiger partial charge in [0.2, 0.25) is 0 Å². The van der Waals surface area contributed by atoms with Crippen LogP contribution in [0, 0.1) is 0 Å². The average Bonchev–Trinajstić information content (AvgIpc) is 2.45. The number of aliphatic hydroxyl groups excluding tert-OH is 1. The van der Waals surface area contributed by atoms with Gasteiger partial charge >= 0.3 is 5.97 Å².